The maximum absolute atomic E-state index is 6.25. The summed E-state index contributed by atoms with van der Waals surface area (Å²) < 4.78 is 12.3. The second-order valence-electron chi connectivity index (χ2n) is 4.81. The van der Waals surface area contributed by atoms with E-state index < -0.39 is 0 Å². The van der Waals surface area contributed by atoms with Crippen LogP contribution in [0.3, 0.4) is 0 Å². The van der Waals surface area contributed by atoms with E-state index in [0.717, 1.165) is 28.0 Å². The summed E-state index contributed by atoms with van der Waals surface area (Å²) in [6, 6.07) is 15.5. The Morgan fingerprint density at radius 2 is 1.67 bits per heavy atom. The molecule has 0 aliphatic heterocycles. The van der Waals surface area contributed by atoms with Crippen molar-refractivity contribution in [3.8, 4) is 11.5 Å². The van der Waals surface area contributed by atoms with Crippen molar-refractivity contribution in [1.29, 1.82) is 0 Å². The normalized spacial score (nSPS) is 13.5. The van der Waals surface area contributed by atoms with Crippen LogP contribution >= 0.6 is 15.9 Å². The molecular formula is C17H20BrNO2. The predicted octanol–water partition coefficient (Wildman–Crippen LogP) is 4.32. The first-order valence-electron chi connectivity index (χ1n) is 6.96. The molecule has 2 unspecified atom stereocenters. The van der Waals surface area contributed by atoms with E-state index in [1.54, 1.807) is 7.11 Å². The minimum atomic E-state index is -0.195. The lowest BCUT2D eigenvalue weighted by atomic mass is 10.0. The molecule has 0 bridgehead atoms. The number of ether oxygens (including phenoxy) is 2. The summed E-state index contributed by atoms with van der Waals surface area (Å²) in [6.45, 7) is 2.06. The van der Waals surface area contributed by atoms with Crippen molar-refractivity contribution in [2.75, 3.05) is 7.11 Å². The van der Waals surface area contributed by atoms with E-state index in [0.29, 0.717) is 0 Å². The number of hydrogen-bond donors (Lipinski definition) is 1. The highest BCUT2D eigenvalue weighted by Crippen LogP contribution is 2.31. The Morgan fingerprint density at radius 3 is 2.24 bits per heavy atom. The van der Waals surface area contributed by atoms with E-state index in [1.807, 2.05) is 48.5 Å². The van der Waals surface area contributed by atoms with Crippen LogP contribution in [0.4, 0.5) is 0 Å². The van der Waals surface area contributed by atoms with Gasteiger partial charge in [0, 0.05) is 16.1 Å². The van der Waals surface area contributed by atoms with Gasteiger partial charge in [-0.2, -0.15) is 0 Å². The summed E-state index contributed by atoms with van der Waals surface area (Å²) in [5, 5.41) is 0. The van der Waals surface area contributed by atoms with E-state index >= 15 is 0 Å². The average molecular weight is 350 g/mol. The zero-order chi connectivity index (χ0) is 15.2. The van der Waals surface area contributed by atoms with Crippen molar-refractivity contribution < 1.29 is 9.47 Å². The van der Waals surface area contributed by atoms with Crippen LogP contribution in [0.2, 0.25) is 0 Å². The highest BCUT2D eigenvalue weighted by atomic mass is 79.9. The number of nitrogens with two attached hydrogens (primary N) is 1. The smallest absolute Gasteiger partial charge is 0.140 e. The van der Waals surface area contributed by atoms with Crippen molar-refractivity contribution in [1.82, 2.24) is 0 Å². The minimum absolute atomic E-state index is 0.0780. The Labute approximate surface area is 134 Å². The molecule has 3 nitrogen and oxygen atoms in total. The summed E-state index contributed by atoms with van der Waals surface area (Å²) in [6.07, 6.45) is 0.640. The third-order valence-corrected chi connectivity index (χ3v) is 4.12. The number of methoxy groups -OCH3 is 1. The molecule has 0 amide bonds. The summed E-state index contributed by atoms with van der Waals surface area (Å²) >= 11 is 3.58. The first-order chi connectivity index (χ1) is 10.2. The Balaban J connectivity index is 2.26. The molecule has 0 radical (unpaired) electrons. The summed E-state index contributed by atoms with van der Waals surface area (Å²) in [4.78, 5) is 0. The van der Waals surface area contributed by atoms with Crippen LogP contribution in [-0.2, 0) is 0 Å². The average Bonchev–Trinajstić information content (AvgIpc) is 2.53. The Bertz CT molecular complexity index is 571. The zero-order valence-electron chi connectivity index (χ0n) is 12.3. The molecule has 4 heteroatoms. The summed E-state index contributed by atoms with van der Waals surface area (Å²) in [5.41, 5.74) is 7.31. The van der Waals surface area contributed by atoms with Crippen molar-refractivity contribution >= 4 is 15.9 Å². The number of halogens is 1. The highest BCUT2D eigenvalue weighted by Gasteiger charge is 2.22. The third kappa shape index (κ3) is 3.99. The number of benzene rings is 2. The van der Waals surface area contributed by atoms with E-state index in [9.17, 15) is 0 Å². The topological polar surface area (TPSA) is 44.5 Å². The molecule has 2 N–H and O–H groups in total. The van der Waals surface area contributed by atoms with Gasteiger partial charge in [0.1, 0.15) is 17.6 Å². The van der Waals surface area contributed by atoms with Gasteiger partial charge in [0.05, 0.1) is 7.11 Å². The molecule has 2 atom stereocenters. The molecule has 0 aliphatic carbocycles. The molecule has 0 fully saturated rings. The fourth-order valence-electron chi connectivity index (χ4n) is 2.10. The lowest BCUT2D eigenvalue weighted by Crippen LogP contribution is -2.31. The van der Waals surface area contributed by atoms with Crippen LogP contribution in [0.25, 0.3) is 0 Å². The van der Waals surface area contributed by atoms with Crippen molar-refractivity contribution in [2.24, 2.45) is 5.73 Å². The van der Waals surface area contributed by atoms with Gasteiger partial charge in [0.25, 0.3) is 0 Å². The van der Waals surface area contributed by atoms with Crippen LogP contribution in [-0.4, -0.2) is 13.2 Å². The standard InChI is InChI=1S/C17H20BrNO2/c1-3-16(19)17(14-6-4-5-7-15(14)18)21-13-10-8-12(20-2)9-11-13/h4-11,16-17H,3,19H2,1-2H3. The Kier molecular flexibility index (Phi) is 5.65. The van der Waals surface area contributed by atoms with Gasteiger partial charge >= 0.3 is 0 Å². The number of rotatable bonds is 6. The predicted molar refractivity (Wildman–Crippen MR) is 88.8 cm³/mol. The highest BCUT2D eigenvalue weighted by molar-refractivity contribution is 9.10. The molecule has 0 saturated heterocycles. The van der Waals surface area contributed by atoms with Crippen molar-refractivity contribution in [3.05, 3.63) is 58.6 Å². The first kappa shape index (κ1) is 15.9. The van der Waals surface area contributed by atoms with E-state index in [-0.39, 0.29) is 12.1 Å². The van der Waals surface area contributed by atoms with Gasteiger partial charge in [-0.15, -0.1) is 0 Å². The SMILES string of the molecule is CCC(N)C(Oc1ccc(OC)cc1)c1ccccc1Br. The quantitative estimate of drug-likeness (QED) is 0.844. The van der Waals surface area contributed by atoms with Gasteiger partial charge in [-0.25, -0.2) is 0 Å². The molecule has 2 aromatic carbocycles. The first-order valence-corrected chi connectivity index (χ1v) is 7.75. The molecule has 0 aliphatic rings. The zero-order valence-corrected chi connectivity index (χ0v) is 13.8. The second-order valence-corrected chi connectivity index (χ2v) is 5.66. The second kappa shape index (κ2) is 7.48. The van der Waals surface area contributed by atoms with Gasteiger partial charge < -0.3 is 15.2 Å². The molecule has 112 valence electrons. The van der Waals surface area contributed by atoms with Crippen LogP contribution in [0.15, 0.2) is 53.0 Å². The Morgan fingerprint density at radius 1 is 1.05 bits per heavy atom. The summed E-state index contributed by atoms with van der Waals surface area (Å²) in [7, 11) is 1.65. The molecule has 0 spiro atoms. The van der Waals surface area contributed by atoms with Gasteiger partial charge in [-0.1, -0.05) is 41.1 Å². The maximum atomic E-state index is 6.25. The molecule has 21 heavy (non-hydrogen) atoms. The lowest BCUT2D eigenvalue weighted by molar-refractivity contribution is 0.170. The molecule has 0 heterocycles. The molecule has 2 rings (SSSR count). The van der Waals surface area contributed by atoms with E-state index in [4.69, 9.17) is 15.2 Å². The van der Waals surface area contributed by atoms with Crippen LogP contribution < -0.4 is 15.2 Å². The molecule has 2 aromatic rings. The van der Waals surface area contributed by atoms with Crippen molar-refractivity contribution in [3.63, 3.8) is 0 Å². The lowest BCUT2D eigenvalue weighted by Gasteiger charge is -2.25. The van der Waals surface area contributed by atoms with Crippen LogP contribution in [0.1, 0.15) is 25.0 Å². The van der Waals surface area contributed by atoms with Gasteiger partial charge in [-0.05, 0) is 36.8 Å². The fraction of sp³-hybridized carbons (Fsp3) is 0.294. The van der Waals surface area contributed by atoms with E-state index in [2.05, 4.69) is 22.9 Å². The molecular weight excluding hydrogens is 330 g/mol. The van der Waals surface area contributed by atoms with Crippen LogP contribution in [0.5, 0.6) is 11.5 Å². The van der Waals surface area contributed by atoms with E-state index in [1.165, 1.54) is 0 Å². The molecule has 0 aromatic heterocycles. The minimum Gasteiger partial charge on any atom is -0.497 e. The number of hydrogen-bond acceptors (Lipinski definition) is 3. The van der Waals surface area contributed by atoms with Gasteiger partial charge in [0.15, 0.2) is 0 Å². The van der Waals surface area contributed by atoms with Crippen molar-refractivity contribution in [2.45, 2.75) is 25.5 Å². The largest absolute Gasteiger partial charge is 0.497 e. The van der Waals surface area contributed by atoms with Gasteiger partial charge in [-0.3, -0.25) is 0 Å². The van der Waals surface area contributed by atoms with Gasteiger partial charge in [0.2, 0.25) is 0 Å². The Hall–Kier alpha value is -1.52. The molecule has 0 saturated carbocycles. The van der Waals surface area contributed by atoms with Crippen LogP contribution in [0, 0.1) is 0 Å². The monoisotopic (exact) mass is 349 g/mol. The fourth-order valence-corrected chi connectivity index (χ4v) is 2.61. The maximum Gasteiger partial charge on any atom is 0.140 e. The third-order valence-electron chi connectivity index (χ3n) is 3.39. The summed E-state index contributed by atoms with van der Waals surface area (Å²) in [5.74, 6) is 1.58.